The third kappa shape index (κ3) is 2.87. The highest BCUT2D eigenvalue weighted by atomic mass is 32.1. The molecule has 0 spiro atoms. The number of hydrogen-bond donors (Lipinski definition) is 1. The van der Waals surface area contributed by atoms with Crippen LogP contribution in [0.1, 0.15) is 15.2 Å². The summed E-state index contributed by atoms with van der Waals surface area (Å²) in [6, 6.07) is 19.5. The van der Waals surface area contributed by atoms with Gasteiger partial charge < -0.3 is 0 Å². The van der Waals surface area contributed by atoms with Crippen molar-refractivity contribution >= 4 is 27.3 Å². The van der Waals surface area contributed by atoms with Crippen molar-refractivity contribution in [3.8, 4) is 0 Å². The van der Waals surface area contributed by atoms with E-state index in [4.69, 9.17) is 4.84 Å². The van der Waals surface area contributed by atoms with Crippen molar-refractivity contribution in [2.45, 2.75) is 6.61 Å². The second kappa shape index (κ2) is 5.86. The molecule has 0 fully saturated rings. The number of rotatable bonds is 4. The van der Waals surface area contributed by atoms with Gasteiger partial charge in [-0.05, 0) is 23.1 Å². The molecule has 0 aliphatic carbocycles. The van der Waals surface area contributed by atoms with Crippen LogP contribution in [0.4, 0.5) is 0 Å². The van der Waals surface area contributed by atoms with E-state index in [2.05, 4.69) is 5.48 Å². The molecule has 1 aromatic heterocycles. The van der Waals surface area contributed by atoms with Gasteiger partial charge in [-0.15, -0.1) is 11.3 Å². The van der Waals surface area contributed by atoms with Crippen LogP contribution in [0.3, 0.4) is 0 Å². The maximum absolute atomic E-state index is 12.0. The van der Waals surface area contributed by atoms with E-state index < -0.39 is 0 Å². The van der Waals surface area contributed by atoms with Crippen molar-refractivity contribution in [3.63, 3.8) is 0 Å². The fourth-order valence-corrected chi connectivity index (χ4v) is 2.85. The predicted molar refractivity (Wildman–Crippen MR) is 80.5 cm³/mol. The van der Waals surface area contributed by atoms with E-state index >= 15 is 0 Å². The van der Waals surface area contributed by atoms with Crippen molar-refractivity contribution < 1.29 is 9.63 Å². The molecule has 0 aliphatic rings. The molecule has 2 aromatic carbocycles. The maximum Gasteiger partial charge on any atom is 0.284 e. The van der Waals surface area contributed by atoms with Gasteiger partial charge in [-0.3, -0.25) is 9.63 Å². The Hall–Kier alpha value is -2.17. The second-order valence-electron chi connectivity index (χ2n) is 4.35. The summed E-state index contributed by atoms with van der Waals surface area (Å²) in [5.41, 5.74) is 3.50. The Bertz CT molecular complexity index is 688. The molecule has 3 rings (SSSR count). The highest BCUT2D eigenvalue weighted by molar-refractivity contribution is 7.20. The molecule has 100 valence electrons. The highest BCUT2D eigenvalue weighted by Crippen LogP contribution is 2.24. The maximum atomic E-state index is 12.0. The number of benzene rings is 2. The zero-order valence-corrected chi connectivity index (χ0v) is 11.5. The van der Waals surface area contributed by atoms with E-state index in [9.17, 15) is 4.79 Å². The number of nitrogens with one attached hydrogen (secondary N) is 1. The lowest BCUT2D eigenvalue weighted by atomic mass is 10.2. The number of thiophene rings is 1. The third-order valence-corrected chi connectivity index (χ3v) is 4.01. The molecule has 0 radical (unpaired) electrons. The Morgan fingerprint density at radius 3 is 2.60 bits per heavy atom. The van der Waals surface area contributed by atoms with Crippen LogP contribution < -0.4 is 5.48 Å². The van der Waals surface area contributed by atoms with Gasteiger partial charge in [0.25, 0.3) is 5.91 Å². The standard InChI is InChI=1S/C16H13NO2S/c18-16(17-19-11-12-6-2-1-3-7-12)15-10-13-8-4-5-9-14(13)20-15/h1-10H,11H2,(H,17,18). The molecule has 1 N–H and O–H groups in total. The molecule has 0 unspecified atom stereocenters. The Labute approximate surface area is 120 Å². The summed E-state index contributed by atoms with van der Waals surface area (Å²) < 4.78 is 1.10. The molecule has 1 amide bonds. The zero-order chi connectivity index (χ0) is 13.8. The third-order valence-electron chi connectivity index (χ3n) is 2.90. The fraction of sp³-hybridized carbons (Fsp3) is 0.0625. The first-order chi connectivity index (χ1) is 9.83. The molecule has 0 aliphatic heterocycles. The molecule has 3 aromatic rings. The van der Waals surface area contributed by atoms with Crippen LogP contribution in [-0.4, -0.2) is 5.91 Å². The van der Waals surface area contributed by atoms with Crippen LogP contribution in [0.25, 0.3) is 10.1 Å². The topological polar surface area (TPSA) is 38.3 Å². The number of hydrogen-bond acceptors (Lipinski definition) is 3. The summed E-state index contributed by atoms with van der Waals surface area (Å²) in [5.74, 6) is -0.206. The molecule has 1 heterocycles. The first-order valence-electron chi connectivity index (χ1n) is 6.27. The number of fused-ring (bicyclic) bond motifs is 1. The van der Waals surface area contributed by atoms with Crippen LogP contribution >= 0.6 is 11.3 Å². The average Bonchev–Trinajstić information content (AvgIpc) is 2.92. The van der Waals surface area contributed by atoms with Crippen LogP contribution in [-0.2, 0) is 11.4 Å². The molecular formula is C16H13NO2S. The van der Waals surface area contributed by atoms with Crippen LogP contribution in [0.15, 0.2) is 60.7 Å². The van der Waals surface area contributed by atoms with Gasteiger partial charge in [0.2, 0.25) is 0 Å². The Morgan fingerprint density at radius 1 is 1.05 bits per heavy atom. The SMILES string of the molecule is O=C(NOCc1ccccc1)c1cc2ccccc2s1. The number of hydroxylamine groups is 1. The molecule has 4 heteroatoms. The van der Waals surface area contributed by atoms with E-state index in [-0.39, 0.29) is 5.91 Å². The number of carbonyl (C=O) groups excluding carboxylic acids is 1. The summed E-state index contributed by atoms with van der Waals surface area (Å²) >= 11 is 1.46. The summed E-state index contributed by atoms with van der Waals surface area (Å²) in [4.78, 5) is 17.9. The first kappa shape index (κ1) is 12.8. The molecule has 0 saturated carbocycles. The number of amides is 1. The monoisotopic (exact) mass is 283 g/mol. The van der Waals surface area contributed by atoms with Crippen LogP contribution in [0, 0.1) is 0 Å². The second-order valence-corrected chi connectivity index (χ2v) is 5.44. The Morgan fingerprint density at radius 2 is 1.80 bits per heavy atom. The lowest BCUT2D eigenvalue weighted by Crippen LogP contribution is -2.22. The van der Waals surface area contributed by atoms with Crippen LogP contribution in [0.5, 0.6) is 0 Å². The summed E-state index contributed by atoms with van der Waals surface area (Å²) in [5, 5.41) is 1.07. The van der Waals surface area contributed by atoms with Crippen LogP contribution in [0.2, 0.25) is 0 Å². The molecule has 3 nitrogen and oxygen atoms in total. The van der Waals surface area contributed by atoms with Gasteiger partial charge in [0.05, 0.1) is 11.5 Å². The molecule has 0 atom stereocenters. The molecular weight excluding hydrogens is 270 g/mol. The highest BCUT2D eigenvalue weighted by Gasteiger charge is 2.09. The lowest BCUT2D eigenvalue weighted by Gasteiger charge is -2.04. The minimum Gasteiger partial charge on any atom is -0.269 e. The largest absolute Gasteiger partial charge is 0.284 e. The number of carbonyl (C=O) groups is 1. The predicted octanol–water partition coefficient (Wildman–Crippen LogP) is 3.76. The van der Waals surface area contributed by atoms with Crippen molar-refractivity contribution in [2.24, 2.45) is 0 Å². The van der Waals surface area contributed by atoms with E-state index in [0.717, 1.165) is 15.6 Å². The van der Waals surface area contributed by atoms with E-state index in [0.29, 0.717) is 11.5 Å². The summed E-state index contributed by atoms with van der Waals surface area (Å²) in [7, 11) is 0. The first-order valence-corrected chi connectivity index (χ1v) is 7.09. The van der Waals surface area contributed by atoms with E-state index in [1.165, 1.54) is 11.3 Å². The smallest absolute Gasteiger partial charge is 0.269 e. The quantitative estimate of drug-likeness (QED) is 0.740. The van der Waals surface area contributed by atoms with Gasteiger partial charge in [0.15, 0.2) is 0 Å². The molecule has 20 heavy (non-hydrogen) atoms. The van der Waals surface area contributed by atoms with Gasteiger partial charge in [-0.2, -0.15) is 0 Å². The van der Waals surface area contributed by atoms with E-state index in [1.807, 2.05) is 60.7 Å². The minimum absolute atomic E-state index is 0.206. The average molecular weight is 283 g/mol. The van der Waals surface area contributed by atoms with Gasteiger partial charge >= 0.3 is 0 Å². The van der Waals surface area contributed by atoms with Gasteiger partial charge in [0.1, 0.15) is 0 Å². The molecule has 0 saturated heterocycles. The van der Waals surface area contributed by atoms with Crippen molar-refractivity contribution in [2.75, 3.05) is 0 Å². The van der Waals surface area contributed by atoms with Gasteiger partial charge in [0, 0.05) is 4.70 Å². The lowest BCUT2D eigenvalue weighted by molar-refractivity contribution is 0.0237. The van der Waals surface area contributed by atoms with Crippen molar-refractivity contribution in [3.05, 3.63) is 71.1 Å². The van der Waals surface area contributed by atoms with E-state index in [1.54, 1.807) is 0 Å². The van der Waals surface area contributed by atoms with Crippen molar-refractivity contribution in [1.82, 2.24) is 5.48 Å². The normalized spacial score (nSPS) is 10.6. The van der Waals surface area contributed by atoms with Gasteiger partial charge in [-0.25, -0.2) is 5.48 Å². The zero-order valence-electron chi connectivity index (χ0n) is 10.7. The van der Waals surface area contributed by atoms with Gasteiger partial charge in [-0.1, -0.05) is 48.5 Å². The summed E-state index contributed by atoms with van der Waals surface area (Å²) in [6.45, 7) is 0.359. The Balaban J connectivity index is 1.61. The molecule has 0 bridgehead atoms. The Kier molecular flexibility index (Phi) is 3.76. The fourth-order valence-electron chi connectivity index (χ4n) is 1.90. The van der Waals surface area contributed by atoms with Crippen molar-refractivity contribution in [1.29, 1.82) is 0 Å². The minimum atomic E-state index is -0.206. The summed E-state index contributed by atoms with van der Waals surface area (Å²) in [6.07, 6.45) is 0.